The maximum absolute atomic E-state index is 12.5. The van der Waals surface area contributed by atoms with Gasteiger partial charge >= 0.3 is 5.97 Å². The van der Waals surface area contributed by atoms with E-state index in [0.717, 1.165) is 10.4 Å². The van der Waals surface area contributed by atoms with Gasteiger partial charge in [0.15, 0.2) is 0 Å². The number of hydrogen-bond donors (Lipinski definition) is 2. The average molecular weight is 424 g/mol. The highest BCUT2D eigenvalue weighted by molar-refractivity contribution is 7.17. The molecule has 7 nitrogen and oxygen atoms in total. The molecule has 0 aromatic carbocycles. The van der Waals surface area contributed by atoms with Crippen molar-refractivity contribution in [2.75, 3.05) is 38.1 Å². The molecule has 0 bridgehead atoms. The van der Waals surface area contributed by atoms with E-state index in [1.54, 1.807) is 11.8 Å². The maximum Gasteiger partial charge on any atom is 0.341 e. The highest BCUT2D eigenvalue weighted by Gasteiger charge is 2.24. The van der Waals surface area contributed by atoms with Gasteiger partial charge in [0, 0.05) is 22.4 Å². The van der Waals surface area contributed by atoms with Crippen LogP contribution in [-0.4, -0.2) is 55.5 Å². The Kier molecular flexibility index (Phi) is 8.62. The minimum Gasteiger partial charge on any atom is -0.462 e. The van der Waals surface area contributed by atoms with E-state index in [1.807, 2.05) is 36.7 Å². The second kappa shape index (κ2) is 10.9. The number of thiophene rings is 2. The summed E-state index contributed by atoms with van der Waals surface area (Å²) in [7, 11) is 0. The van der Waals surface area contributed by atoms with Gasteiger partial charge in [0.2, 0.25) is 11.8 Å². The molecule has 0 saturated carbocycles. The minimum absolute atomic E-state index is 0.0577. The Morgan fingerprint density at radius 2 is 1.86 bits per heavy atom. The Balaban J connectivity index is 2.15. The molecule has 0 saturated heterocycles. The fourth-order valence-electron chi connectivity index (χ4n) is 2.57. The molecule has 0 aliphatic carbocycles. The molecule has 0 atom stereocenters. The molecule has 0 aliphatic heterocycles. The van der Waals surface area contributed by atoms with E-state index in [2.05, 4.69) is 10.6 Å². The lowest BCUT2D eigenvalue weighted by atomic mass is 10.1. The number of ether oxygens (including phenoxy) is 1. The summed E-state index contributed by atoms with van der Waals surface area (Å²) in [6.07, 6.45) is 0. The van der Waals surface area contributed by atoms with Crippen molar-refractivity contribution < 1.29 is 19.1 Å². The van der Waals surface area contributed by atoms with Crippen LogP contribution in [0, 0.1) is 0 Å². The molecule has 0 fully saturated rings. The zero-order chi connectivity index (χ0) is 20.5. The minimum atomic E-state index is -0.461. The molecule has 0 aliphatic rings. The summed E-state index contributed by atoms with van der Waals surface area (Å²) in [5, 5.41) is 9.77. The number of esters is 1. The fourth-order valence-corrected chi connectivity index (χ4v) is 4.36. The van der Waals surface area contributed by atoms with Crippen molar-refractivity contribution in [1.82, 2.24) is 10.2 Å². The quantitative estimate of drug-likeness (QED) is 0.574. The van der Waals surface area contributed by atoms with Crippen molar-refractivity contribution in [3.63, 3.8) is 0 Å². The number of carbonyl (C=O) groups excluding carboxylic acids is 3. The molecule has 0 radical (unpaired) electrons. The van der Waals surface area contributed by atoms with Crippen molar-refractivity contribution >= 4 is 45.5 Å². The second-order valence-corrected chi connectivity index (χ2v) is 7.68. The monoisotopic (exact) mass is 423 g/mol. The molecule has 152 valence electrons. The van der Waals surface area contributed by atoms with Gasteiger partial charge in [0.25, 0.3) is 0 Å². The Labute approximate surface area is 172 Å². The highest BCUT2D eigenvalue weighted by Crippen LogP contribution is 2.38. The molecule has 2 heterocycles. The second-order valence-electron chi connectivity index (χ2n) is 5.86. The van der Waals surface area contributed by atoms with Crippen LogP contribution >= 0.6 is 22.7 Å². The van der Waals surface area contributed by atoms with Gasteiger partial charge < -0.3 is 15.4 Å². The van der Waals surface area contributed by atoms with E-state index in [1.165, 1.54) is 22.7 Å². The molecule has 0 unspecified atom stereocenters. The molecule has 9 heteroatoms. The van der Waals surface area contributed by atoms with Crippen molar-refractivity contribution in [3.05, 3.63) is 28.5 Å². The number of anilines is 1. The Hall–Kier alpha value is -2.23. The first-order valence-electron chi connectivity index (χ1n) is 9.11. The summed E-state index contributed by atoms with van der Waals surface area (Å²) < 4.78 is 5.19. The molecule has 2 amide bonds. The number of carbonyl (C=O) groups is 3. The normalized spacial score (nSPS) is 10.7. The largest absolute Gasteiger partial charge is 0.462 e. The molecule has 2 aromatic rings. The lowest BCUT2D eigenvalue weighted by Gasteiger charge is -2.19. The topological polar surface area (TPSA) is 87.7 Å². The molecule has 2 aromatic heterocycles. The molecular formula is C19H25N3O4S2. The number of likely N-dealkylation sites (N-methyl/N-ethyl adjacent to an activating group) is 2. The third-order valence-electron chi connectivity index (χ3n) is 3.87. The van der Waals surface area contributed by atoms with Gasteiger partial charge in [-0.05, 0) is 31.8 Å². The van der Waals surface area contributed by atoms with Crippen LogP contribution in [0.5, 0.6) is 0 Å². The van der Waals surface area contributed by atoms with Crippen molar-refractivity contribution in [2.45, 2.75) is 20.8 Å². The molecule has 2 N–H and O–H groups in total. The third kappa shape index (κ3) is 5.88. The number of amides is 2. The van der Waals surface area contributed by atoms with Crippen LogP contribution in [0.3, 0.4) is 0 Å². The van der Waals surface area contributed by atoms with E-state index in [4.69, 9.17) is 4.74 Å². The van der Waals surface area contributed by atoms with Crippen LogP contribution in [0.4, 0.5) is 5.00 Å². The average Bonchev–Trinajstić information content (AvgIpc) is 3.31. The number of hydrogen-bond acceptors (Lipinski definition) is 7. The van der Waals surface area contributed by atoms with Gasteiger partial charge in [-0.25, -0.2) is 4.79 Å². The van der Waals surface area contributed by atoms with Gasteiger partial charge in [-0.3, -0.25) is 14.5 Å². The molecule has 0 spiro atoms. The lowest BCUT2D eigenvalue weighted by molar-refractivity contribution is -0.123. The van der Waals surface area contributed by atoms with Crippen molar-refractivity contribution in [3.8, 4) is 10.4 Å². The number of rotatable bonds is 10. The third-order valence-corrected chi connectivity index (χ3v) is 5.66. The first-order valence-corrected chi connectivity index (χ1v) is 10.9. The van der Waals surface area contributed by atoms with Gasteiger partial charge in [0.1, 0.15) is 10.6 Å². The smallest absolute Gasteiger partial charge is 0.341 e. The van der Waals surface area contributed by atoms with Gasteiger partial charge in [-0.2, -0.15) is 0 Å². The standard InChI is InChI=1S/C19H25N3O4S2/c1-4-20-15(23)10-22(5-2)11-16(24)21-18-17(19(25)26-6-3)13(12-28-18)14-8-7-9-27-14/h7-9,12H,4-6,10-11H2,1-3H3,(H,20,23)(H,21,24). The summed E-state index contributed by atoms with van der Waals surface area (Å²) in [4.78, 5) is 39.4. The number of nitrogens with one attached hydrogen (secondary N) is 2. The van der Waals surface area contributed by atoms with Crippen LogP contribution in [-0.2, 0) is 14.3 Å². The predicted octanol–water partition coefficient (Wildman–Crippen LogP) is 3.05. The summed E-state index contributed by atoms with van der Waals surface area (Å²) >= 11 is 2.81. The van der Waals surface area contributed by atoms with Gasteiger partial charge in [0.05, 0.1) is 19.7 Å². The molecular weight excluding hydrogens is 398 g/mol. The highest BCUT2D eigenvalue weighted by atomic mass is 32.1. The predicted molar refractivity (Wildman–Crippen MR) is 113 cm³/mol. The van der Waals surface area contributed by atoms with Crippen LogP contribution < -0.4 is 10.6 Å². The zero-order valence-electron chi connectivity index (χ0n) is 16.2. The zero-order valence-corrected chi connectivity index (χ0v) is 17.9. The van der Waals surface area contributed by atoms with E-state index >= 15 is 0 Å². The fraction of sp³-hybridized carbons (Fsp3) is 0.421. The van der Waals surface area contributed by atoms with Crippen LogP contribution in [0.15, 0.2) is 22.9 Å². The molecule has 2 rings (SSSR count). The van der Waals surface area contributed by atoms with Crippen molar-refractivity contribution in [1.29, 1.82) is 0 Å². The Morgan fingerprint density at radius 3 is 2.46 bits per heavy atom. The Bertz CT molecular complexity index is 802. The van der Waals surface area contributed by atoms with E-state index < -0.39 is 5.97 Å². The van der Waals surface area contributed by atoms with Crippen molar-refractivity contribution in [2.24, 2.45) is 0 Å². The van der Waals surface area contributed by atoms with Crippen LogP contribution in [0.25, 0.3) is 10.4 Å². The van der Waals surface area contributed by atoms with Crippen LogP contribution in [0.2, 0.25) is 0 Å². The number of nitrogens with zero attached hydrogens (tertiary/aromatic N) is 1. The summed E-state index contributed by atoms with van der Waals surface area (Å²) in [6.45, 7) is 7.04. The Morgan fingerprint density at radius 1 is 1.11 bits per heavy atom. The molecule has 28 heavy (non-hydrogen) atoms. The first-order chi connectivity index (χ1) is 13.5. The SMILES string of the molecule is CCNC(=O)CN(CC)CC(=O)Nc1scc(-c2cccs2)c1C(=O)OCC. The van der Waals surface area contributed by atoms with E-state index in [0.29, 0.717) is 23.7 Å². The first kappa shape index (κ1) is 22.1. The lowest BCUT2D eigenvalue weighted by Crippen LogP contribution is -2.41. The van der Waals surface area contributed by atoms with E-state index in [-0.39, 0.29) is 31.5 Å². The van der Waals surface area contributed by atoms with Gasteiger partial charge in [-0.1, -0.05) is 13.0 Å². The van der Waals surface area contributed by atoms with E-state index in [9.17, 15) is 14.4 Å². The maximum atomic E-state index is 12.5. The summed E-state index contributed by atoms with van der Waals surface area (Å²) in [6, 6.07) is 3.83. The van der Waals surface area contributed by atoms with Gasteiger partial charge in [-0.15, -0.1) is 22.7 Å². The summed E-state index contributed by atoms with van der Waals surface area (Å²) in [5.74, 6) is -0.867. The summed E-state index contributed by atoms with van der Waals surface area (Å²) in [5.41, 5.74) is 1.12. The van der Waals surface area contributed by atoms with Crippen LogP contribution in [0.1, 0.15) is 31.1 Å².